The van der Waals surface area contributed by atoms with Crippen molar-refractivity contribution < 1.29 is 19.4 Å². The highest BCUT2D eigenvalue weighted by Gasteiger charge is 2.23. The van der Waals surface area contributed by atoms with Crippen molar-refractivity contribution in [1.82, 2.24) is 19.9 Å². The highest BCUT2D eigenvalue weighted by atomic mass is 16.5. The van der Waals surface area contributed by atoms with E-state index < -0.39 is 6.61 Å². The van der Waals surface area contributed by atoms with Crippen molar-refractivity contribution in [3.8, 4) is 22.9 Å². The first-order chi connectivity index (χ1) is 15.6. The molecule has 2 aromatic heterocycles. The Balaban J connectivity index is 1.38. The van der Waals surface area contributed by atoms with E-state index in [4.69, 9.17) is 14.6 Å². The molecule has 0 bridgehead atoms. The van der Waals surface area contributed by atoms with Crippen LogP contribution in [0.5, 0.6) is 11.6 Å². The zero-order chi connectivity index (χ0) is 22.3. The van der Waals surface area contributed by atoms with Crippen LogP contribution in [0.3, 0.4) is 0 Å². The van der Waals surface area contributed by atoms with Crippen molar-refractivity contribution in [2.75, 3.05) is 32.1 Å². The number of aliphatic hydroxyl groups is 1. The van der Waals surface area contributed by atoms with Crippen molar-refractivity contribution in [1.29, 1.82) is 0 Å². The summed E-state index contributed by atoms with van der Waals surface area (Å²) in [6, 6.07) is 13.2. The third kappa shape index (κ3) is 5.30. The van der Waals surface area contributed by atoms with E-state index in [0.717, 1.165) is 35.5 Å². The second kappa shape index (κ2) is 10.1. The lowest BCUT2D eigenvalue weighted by atomic mass is 10.1. The lowest BCUT2D eigenvalue weighted by Gasteiger charge is -2.31. The van der Waals surface area contributed by atoms with Crippen molar-refractivity contribution in [2.45, 2.75) is 18.9 Å². The molecule has 3 heterocycles. The molecule has 0 unspecified atom stereocenters. The number of hydrogen-bond acceptors (Lipinski definition) is 8. The van der Waals surface area contributed by atoms with Gasteiger partial charge in [0.05, 0.1) is 12.8 Å². The Labute approximate surface area is 186 Å². The van der Waals surface area contributed by atoms with Crippen molar-refractivity contribution in [3.63, 3.8) is 0 Å². The van der Waals surface area contributed by atoms with E-state index in [1.54, 1.807) is 30.5 Å². The zero-order valence-corrected chi connectivity index (χ0v) is 17.8. The summed E-state index contributed by atoms with van der Waals surface area (Å²) in [6.45, 7) is 0.758. The number of carbonyl (C=O) groups is 1. The molecule has 1 saturated heterocycles. The van der Waals surface area contributed by atoms with Gasteiger partial charge in [0, 0.05) is 55.6 Å². The fourth-order valence-corrected chi connectivity index (χ4v) is 3.53. The SMILES string of the molecule is COc1cc(Nc2nccc(-c3ccc(OC4CCN(C(=O)CO)CC4)cc3)n2)ccn1. The monoisotopic (exact) mass is 435 g/mol. The van der Waals surface area contributed by atoms with Gasteiger partial charge >= 0.3 is 0 Å². The first-order valence-corrected chi connectivity index (χ1v) is 10.4. The normalized spacial score (nSPS) is 14.1. The quantitative estimate of drug-likeness (QED) is 0.583. The number of aliphatic hydroxyl groups excluding tert-OH is 1. The minimum atomic E-state index is -0.440. The van der Waals surface area contributed by atoms with Crippen LogP contribution in [-0.4, -0.2) is 63.8 Å². The topological polar surface area (TPSA) is 110 Å². The van der Waals surface area contributed by atoms with Gasteiger partial charge in [-0.2, -0.15) is 0 Å². The summed E-state index contributed by atoms with van der Waals surface area (Å²) in [4.78, 5) is 26.2. The zero-order valence-electron chi connectivity index (χ0n) is 17.8. The van der Waals surface area contributed by atoms with E-state index in [9.17, 15) is 4.79 Å². The summed E-state index contributed by atoms with van der Waals surface area (Å²) >= 11 is 0. The Bertz CT molecular complexity index is 1050. The Kier molecular flexibility index (Phi) is 6.76. The molecule has 166 valence electrons. The van der Waals surface area contributed by atoms with Crippen LogP contribution in [0.1, 0.15) is 12.8 Å². The van der Waals surface area contributed by atoms with Gasteiger partial charge in [-0.1, -0.05) is 0 Å². The molecule has 9 heteroatoms. The maximum atomic E-state index is 11.6. The highest BCUT2D eigenvalue weighted by molar-refractivity contribution is 5.77. The van der Waals surface area contributed by atoms with Crippen LogP contribution in [0, 0.1) is 0 Å². The molecule has 0 spiro atoms. The van der Waals surface area contributed by atoms with E-state index in [1.165, 1.54) is 0 Å². The molecule has 1 amide bonds. The summed E-state index contributed by atoms with van der Waals surface area (Å²) < 4.78 is 11.2. The largest absolute Gasteiger partial charge is 0.490 e. The molecule has 9 nitrogen and oxygen atoms in total. The molecule has 1 aromatic carbocycles. The minimum absolute atomic E-state index is 0.0517. The molecule has 1 aliphatic heterocycles. The lowest BCUT2D eigenvalue weighted by Crippen LogP contribution is -2.42. The van der Waals surface area contributed by atoms with Crippen LogP contribution >= 0.6 is 0 Å². The fourth-order valence-electron chi connectivity index (χ4n) is 3.53. The summed E-state index contributed by atoms with van der Waals surface area (Å²) in [7, 11) is 1.57. The summed E-state index contributed by atoms with van der Waals surface area (Å²) in [5, 5.41) is 12.1. The maximum Gasteiger partial charge on any atom is 0.248 e. The number of nitrogens with one attached hydrogen (secondary N) is 1. The smallest absolute Gasteiger partial charge is 0.248 e. The van der Waals surface area contributed by atoms with E-state index in [-0.39, 0.29) is 12.0 Å². The van der Waals surface area contributed by atoms with Crippen molar-refractivity contribution in [3.05, 3.63) is 54.9 Å². The van der Waals surface area contributed by atoms with Gasteiger partial charge in [-0.3, -0.25) is 4.79 Å². The molecule has 3 aromatic rings. The molecule has 1 aliphatic rings. The third-order valence-electron chi connectivity index (χ3n) is 5.24. The molecule has 0 radical (unpaired) electrons. The first kappa shape index (κ1) is 21.5. The maximum absolute atomic E-state index is 11.6. The molecule has 0 atom stereocenters. The predicted octanol–water partition coefficient (Wildman–Crippen LogP) is 2.65. The van der Waals surface area contributed by atoms with Gasteiger partial charge in [0.15, 0.2) is 0 Å². The second-order valence-corrected chi connectivity index (χ2v) is 7.36. The van der Waals surface area contributed by atoms with Crippen LogP contribution in [-0.2, 0) is 4.79 Å². The van der Waals surface area contributed by atoms with Gasteiger partial charge in [-0.05, 0) is 36.4 Å². The Hall–Kier alpha value is -3.72. The number of nitrogens with zero attached hydrogens (tertiary/aromatic N) is 4. The predicted molar refractivity (Wildman–Crippen MR) is 119 cm³/mol. The van der Waals surface area contributed by atoms with Gasteiger partial charge < -0.3 is 24.8 Å². The second-order valence-electron chi connectivity index (χ2n) is 7.36. The summed E-state index contributed by atoms with van der Waals surface area (Å²) in [6.07, 6.45) is 4.89. The number of pyridine rings is 1. The van der Waals surface area contributed by atoms with E-state index in [2.05, 4.69) is 20.3 Å². The first-order valence-electron chi connectivity index (χ1n) is 10.4. The van der Waals surface area contributed by atoms with Crippen molar-refractivity contribution >= 4 is 17.5 Å². The number of carbonyl (C=O) groups excluding carboxylic acids is 1. The molecule has 4 rings (SSSR count). The number of amides is 1. The fraction of sp³-hybridized carbons (Fsp3) is 0.304. The van der Waals surface area contributed by atoms with Gasteiger partial charge in [0.1, 0.15) is 18.5 Å². The van der Waals surface area contributed by atoms with E-state index in [0.29, 0.717) is 24.9 Å². The van der Waals surface area contributed by atoms with Crippen LogP contribution < -0.4 is 14.8 Å². The number of benzene rings is 1. The average molecular weight is 435 g/mol. The van der Waals surface area contributed by atoms with Crippen LogP contribution in [0.15, 0.2) is 54.9 Å². The minimum Gasteiger partial charge on any atom is -0.490 e. The Morgan fingerprint density at radius 1 is 1.12 bits per heavy atom. The number of anilines is 2. The van der Waals surface area contributed by atoms with Gasteiger partial charge in [-0.25, -0.2) is 15.0 Å². The molecule has 0 aliphatic carbocycles. The number of hydrogen-bond donors (Lipinski definition) is 2. The van der Waals surface area contributed by atoms with Crippen LogP contribution in [0.4, 0.5) is 11.6 Å². The van der Waals surface area contributed by atoms with Gasteiger partial charge in [0.25, 0.3) is 0 Å². The third-order valence-corrected chi connectivity index (χ3v) is 5.24. The average Bonchev–Trinajstić information content (AvgIpc) is 2.85. The highest BCUT2D eigenvalue weighted by Crippen LogP contribution is 2.25. The number of piperidine rings is 1. The number of rotatable bonds is 7. The van der Waals surface area contributed by atoms with Crippen LogP contribution in [0.2, 0.25) is 0 Å². The van der Waals surface area contributed by atoms with Gasteiger partial charge in [0.2, 0.25) is 17.7 Å². The molecule has 2 N–H and O–H groups in total. The molecule has 32 heavy (non-hydrogen) atoms. The molecule has 1 fully saturated rings. The molecular formula is C23H25N5O4. The number of methoxy groups -OCH3 is 1. The van der Waals surface area contributed by atoms with E-state index in [1.807, 2.05) is 36.4 Å². The Morgan fingerprint density at radius 3 is 2.59 bits per heavy atom. The van der Waals surface area contributed by atoms with Crippen molar-refractivity contribution in [2.24, 2.45) is 0 Å². The number of ether oxygens (including phenoxy) is 2. The Morgan fingerprint density at radius 2 is 1.88 bits per heavy atom. The summed E-state index contributed by atoms with van der Waals surface area (Å²) in [5.74, 6) is 1.53. The van der Waals surface area contributed by atoms with Crippen LogP contribution in [0.25, 0.3) is 11.3 Å². The molecular weight excluding hydrogens is 410 g/mol. The standard InChI is InChI=1S/C23H25N5O4/c1-31-21-14-17(6-10-24-21)26-23-25-11-7-20(27-23)16-2-4-18(5-3-16)32-19-8-12-28(13-9-19)22(30)15-29/h2-7,10-11,14,19,29H,8-9,12-13,15H2,1H3,(H,24,25,26,27). The summed E-state index contributed by atoms with van der Waals surface area (Å²) in [5.41, 5.74) is 2.51. The molecule has 0 saturated carbocycles. The number of likely N-dealkylation sites (tertiary alicyclic amines) is 1. The van der Waals surface area contributed by atoms with E-state index >= 15 is 0 Å². The number of aromatic nitrogens is 3. The van der Waals surface area contributed by atoms with Gasteiger partial charge in [-0.15, -0.1) is 0 Å². The lowest BCUT2D eigenvalue weighted by molar-refractivity contribution is -0.135.